The number of benzene rings is 3. The normalized spacial score (nSPS) is 15.4. The van der Waals surface area contributed by atoms with E-state index < -0.39 is 5.92 Å². The van der Waals surface area contributed by atoms with Crippen molar-refractivity contribution in [3.8, 4) is 5.75 Å². The van der Waals surface area contributed by atoms with Crippen LogP contribution in [0.25, 0.3) is 0 Å². The molecule has 1 fully saturated rings. The van der Waals surface area contributed by atoms with Crippen LogP contribution in [-0.4, -0.2) is 32.0 Å². The maximum atomic E-state index is 12.9. The highest BCUT2D eigenvalue weighted by Crippen LogP contribution is 2.32. The van der Waals surface area contributed by atoms with Gasteiger partial charge in [-0.25, -0.2) is 0 Å². The van der Waals surface area contributed by atoms with Crippen LogP contribution in [0, 0.1) is 12.8 Å². The second-order valence-electron chi connectivity index (χ2n) is 8.17. The van der Waals surface area contributed by atoms with Gasteiger partial charge in [-0.1, -0.05) is 24.3 Å². The van der Waals surface area contributed by atoms with Gasteiger partial charge in [-0.2, -0.15) is 0 Å². The molecule has 0 saturated carbocycles. The molecule has 0 bridgehead atoms. The van der Waals surface area contributed by atoms with Crippen molar-refractivity contribution < 1.29 is 14.3 Å². The van der Waals surface area contributed by atoms with Crippen molar-refractivity contribution in [2.24, 2.45) is 5.92 Å². The second kappa shape index (κ2) is 9.77. The SMILES string of the molecule is CCN(c1ccccc1)c1ccc(NC(=O)C2CC(=O)N(c3cc(OC)ccc3C)C2)cc1. The van der Waals surface area contributed by atoms with Gasteiger partial charge in [0.25, 0.3) is 0 Å². The van der Waals surface area contributed by atoms with Crippen LogP contribution in [-0.2, 0) is 9.59 Å². The minimum atomic E-state index is -0.403. The van der Waals surface area contributed by atoms with Gasteiger partial charge in [-0.05, 0) is 61.9 Å². The quantitative estimate of drug-likeness (QED) is 0.548. The topological polar surface area (TPSA) is 61.9 Å². The number of aryl methyl sites for hydroxylation is 1. The van der Waals surface area contributed by atoms with Crippen molar-refractivity contribution in [3.05, 3.63) is 78.4 Å². The molecule has 4 rings (SSSR count). The molecule has 3 aromatic carbocycles. The highest BCUT2D eigenvalue weighted by Gasteiger charge is 2.35. The molecule has 3 aromatic rings. The van der Waals surface area contributed by atoms with Crippen molar-refractivity contribution >= 4 is 34.6 Å². The maximum Gasteiger partial charge on any atom is 0.229 e. The molecule has 0 aliphatic carbocycles. The Morgan fingerprint density at radius 2 is 1.76 bits per heavy atom. The number of carbonyl (C=O) groups is 2. The van der Waals surface area contributed by atoms with E-state index in [1.165, 1.54) is 0 Å². The van der Waals surface area contributed by atoms with Gasteiger partial charge in [0.05, 0.1) is 18.7 Å². The lowest BCUT2D eigenvalue weighted by molar-refractivity contribution is -0.122. The van der Waals surface area contributed by atoms with Gasteiger partial charge in [0.15, 0.2) is 0 Å². The summed E-state index contributed by atoms with van der Waals surface area (Å²) in [5.74, 6) is 0.0881. The van der Waals surface area contributed by atoms with Crippen molar-refractivity contribution in [3.63, 3.8) is 0 Å². The third kappa shape index (κ3) is 4.85. The first-order valence-corrected chi connectivity index (χ1v) is 11.2. The molecular weight excluding hydrogens is 414 g/mol. The molecule has 1 heterocycles. The van der Waals surface area contributed by atoms with E-state index in [1.807, 2.05) is 67.6 Å². The summed E-state index contributed by atoms with van der Waals surface area (Å²) in [6, 6.07) is 23.6. The van der Waals surface area contributed by atoms with Crippen LogP contribution in [0.4, 0.5) is 22.7 Å². The number of methoxy groups -OCH3 is 1. The summed E-state index contributed by atoms with van der Waals surface area (Å²) in [5, 5.41) is 2.98. The number of rotatable bonds is 7. The average molecular weight is 444 g/mol. The summed E-state index contributed by atoms with van der Waals surface area (Å²) < 4.78 is 5.30. The molecule has 6 heteroatoms. The van der Waals surface area contributed by atoms with E-state index in [0.29, 0.717) is 12.3 Å². The number of nitrogens with zero attached hydrogens (tertiary/aromatic N) is 2. The largest absolute Gasteiger partial charge is 0.497 e. The van der Waals surface area contributed by atoms with E-state index in [0.717, 1.165) is 34.9 Å². The molecular formula is C27H29N3O3. The van der Waals surface area contributed by atoms with Crippen LogP contribution in [0.3, 0.4) is 0 Å². The molecule has 170 valence electrons. The molecule has 1 aliphatic rings. The molecule has 0 aromatic heterocycles. The molecule has 1 saturated heterocycles. The number of carbonyl (C=O) groups excluding carboxylic acids is 2. The number of amides is 2. The second-order valence-corrected chi connectivity index (χ2v) is 8.17. The molecule has 0 spiro atoms. The summed E-state index contributed by atoms with van der Waals surface area (Å²) in [5.41, 5.74) is 4.65. The van der Waals surface area contributed by atoms with Crippen molar-refractivity contribution in [2.75, 3.05) is 35.3 Å². The van der Waals surface area contributed by atoms with E-state index in [-0.39, 0.29) is 18.2 Å². The Morgan fingerprint density at radius 1 is 1.06 bits per heavy atom. The van der Waals surface area contributed by atoms with Gasteiger partial charge in [-0.3, -0.25) is 9.59 Å². The molecule has 1 atom stereocenters. The highest BCUT2D eigenvalue weighted by molar-refractivity contribution is 6.04. The summed E-state index contributed by atoms with van der Waals surface area (Å²) in [7, 11) is 1.60. The van der Waals surface area contributed by atoms with Gasteiger partial charge < -0.3 is 19.9 Å². The average Bonchev–Trinajstić information content (AvgIpc) is 3.23. The molecule has 0 radical (unpaired) electrons. The molecule has 2 amide bonds. The third-order valence-electron chi connectivity index (χ3n) is 6.03. The number of para-hydroxylation sites is 1. The lowest BCUT2D eigenvalue weighted by Gasteiger charge is -2.23. The van der Waals surface area contributed by atoms with Crippen LogP contribution >= 0.6 is 0 Å². The molecule has 1 aliphatic heterocycles. The van der Waals surface area contributed by atoms with E-state index in [4.69, 9.17) is 4.74 Å². The molecule has 1 N–H and O–H groups in total. The third-order valence-corrected chi connectivity index (χ3v) is 6.03. The lowest BCUT2D eigenvalue weighted by Crippen LogP contribution is -2.28. The Kier molecular flexibility index (Phi) is 6.63. The van der Waals surface area contributed by atoms with E-state index in [9.17, 15) is 9.59 Å². The number of hydrogen-bond acceptors (Lipinski definition) is 4. The minimum Gasteiger partial charge on any atom is -0.497 e. The first-order valence-electron chi connectivity index (χ1n) is 11.2. The Bertz CT molecular complexity index is 1130. The summed E-state index contributed by atoms with van der Waals surface area (Å²) in [6.07, 6.45) is 0.193. The standard InChI is InChI=1S/C27H29N3O3/c1-4-29(22-8-6-5-7-9-22)23-13-11-21(12-14-23)28-27(32)20-16-26(31)30(18-20)25-17-24(33-3)15-10-19(25)2/h5-15,17,20H,4,16,18H2,1-3H3,(H,28,32). The number of nitrogens with one attached hydrogen (secondary N) is 1. The maximum absolute atomic E-state index is 12.9. The van der Waals surface area contributed by atoms with Crippen LogP contribution in [0.5, 0.6) is 5.75 Å². The Morgan fingerprint density at radius 3 is 2.42 bits per heavy atom. The lowest BCUT2D eigenvalue weighted by atomic mass is 10.1. The van der Waals surface area contributed by atoms with Crippen molar-refractivity contribution in [2.45, 2.75) is 20.3 Å². The molecule has 6 nitrogen and oxygen atoms in total. The van der Waals surface area contributed by atoms with Crippen LogP contribution in [0.2, 0.25) is 0 Å². The highest BCUT2D eigenvalue weighted by atomic mass is 16.5. The predicted molar refractivity (Wildman–Crippen MR) is 132 cm³/mol. The number of ether oxygens (including phenoxy) is 1. The zero-order chi connectivity index (χ0) is 23.4. The van der Waals surface area contributed by atoms with Crippen molar-refractivity contribution in [1.82, 2.24) is 0 Å². The zero-order valence-electron chi connectivity index (χ0n) is 19.2. The fourth-order valence-electron chi connectivity index (χ4n) is 4.21. The molecule has 33 heavy (non-hydrogen) atoms. The first-order chi connectivity index (χ1) is 16.0. The van der Waals surface area contributed by atoms with E-state index in [1.54, 1.807) is 12.0 Å². The van der Waals surface area contributed by atoms with Gasteiger partial charge in [0.2, 0.25) is 11.8 Å². The Balaban J connectivity index is 1.43. The number of anilines is 4. The Hall–Kier alpha value is -3.80. The predicted octanol–water partition coefficient (Wildman–Crippen LogP) is 5.15. The van der Waals surface area contributed by atoms with Gasteiger partial charge in [0.1, 0.15) is 5.75 Å². The Labute approximate surface area is 194 Å². The zero-order valence-corrected chi connectivity index (χ0v) is 19.2. The smallest absolute Gasteiger partial charge is 0.229 e. The van der Waals surface area contributed by atoms with E-state index >= 15 is 0 Å². The summed E-state index contributed by atoms with van der Waals surface area (Å²) >= 11 is 0. The van der Waals surface area contributed by atoms with Gasteiger partial charge in [-0.15, -0.1) is 0 Å². The summed E-state index contributed by atoms with van der Waals surface area (Å²) in [6.45, 7) is 5.25. The van der Waals surface area contributed by atoms with Crippen LogP contribution < -0.4 is 19.9 Å². The van der Waals surface area contributed by atoms with Crippen molar-refractivity contribution in [1.29, 1.82) is 0 Å². The first kappa shape index (κ1) is 22.4. The van der Waals surface area contributed by atoms with Gasteiger partial charge in [0, 0.05) is 42.6 Å². The van der Waals surface area contributed by atoms with Crippen LogP contribution in [0.1, 0.15) is 18.9 Å². The van der Waals surface area contributed by atoms with Gasteiger partial charge >= 0.3 is 0 Å². The minimum absolute atomic E-state index is 0.0525. The van der Waals surface area contributed by atoms with E-state index in [2.05, 4.69) is 29.3 Å². The fourth-order valence-corrected chi connectivity index (χ4v) is 4.21. The van der Waals surface area contributed by atoms with Crippen LogP contribution in [0.15, 0.2) is 72.8 Å². The summed E-state index contributed by atoms with van der Waals surface area (Å²) in [4.78, 5) is 29.5. The molecule has 1 unspecified atom stereocenters. The monoisotopic (exact) mass is 443 g/mol. The fraction of sp³-hybridized carbons (Fsp3) is 0.259. The number of hydrogen-bond donors (Lipinski definition) is 1.